The van der Waals surface area contributed by atoms with Crippen LogP contribution in [0, 0.1) is 0 Å². The van der Waals surface area contributed by atoms with Crippen molar-refractivity contribution in [1.29, 1.82) is 0 Å². The summed E-state index contributed by atoms with van der Waals surface area (Å²) in [6.45, 7) is 4.06. The number of hydrogen-bond donors (Lipinski definition) is 0. The highest BCUT2D eigenvalue weighted by molar-refractivity contribution is 7.45. The second-order valence-corrected chi connectivity index (χ2v) is 21.0. The third-order valence-electron chi connectivity index (χ3n) is 11.8. The summed E-state index contributed by atoms with van der Waals surface area (Å²) in [5.74, 6) is -0.841. The van der Waals surface area contributed by atoms with Gasteiger partial charge >= 0.3 is 11.9 Å². The van der Waals surface area contributed by atoms with Crippen molar-refractivity contribution in [2.45, 2.75) is 245 Å². The molecule has 0 saturated carbocycles. The number of quaternary nitrogens is 1. The number of nitrogens with zero attached hydrogens (tertiary/aromatic N) is 1. The van der Waals surface area contributed by atoms with E-state index in [0.717, 1.165) is 89.9 Å². The number of ether oxygens (including phenoxy) is 2. The first kappa shape index (κ1) is 64.7. The molecular weight excluding hydrogens is 858 g/mol. The number of allylic oxidation sites excluding steroid dienone is 10. The Balaban J connectivity index is 3.96. The molecule has 0 aromatic carbocycles. The fraction of sp³-hybridized carbons (Fsp3) is 0.789. The van der Waals surface area contributed by atoms with E-state index in [0.29, 0.717) is 17.4 Å². The molecule has 0 aromatic rings. The minimum absolute atomic E-state index is 0.0319. The molecule has 0 aliphatic rings. The smallest absolute Gasteiger partial charge is 0.306 e. The van der Waals surface area contributed by atoms with Gasteiger partial charge in [0, 0.05) is 12.8 Å². The van der Waals surface area contributed by atoms with Crippen LogP contribution in [0.4, 0.5) is 0 Å². The summed E-state index contributed by atoms with van der Waals surface area (Å²) in [5, 5.41) is 0. The van der Waals surface area contributed by atoms with E-state index in [9.17, 15) is 19.0 Å². The highest BCUT2D eigenvalue weighted by atomic mass is 31.2. The summed E-state index contributed by atoms with van der Waals surface area (Å²) in [4.78, 5) is 37.6. The molecule has 0 heterocycles. The van der Waals surface area contributed by atoms with Gasteiger partial charge in [-0.05, 0) is 70.6 Å². The fourth-order valence-corrected chi connectivity index (χ4v) is 8.26. The van der Waals surface area contributed by atoms with E-state index in [1.165, 1.54) is 116 Å². The van der Waals surface area contributed by atoms with Crippen molar-refractivity contribution in [1.82, 2.24) is 0 Å². The van der Waals surface area contributed by atoms with Gasteiger partial charge in [0.05, 0.1) is 27.7 Å². The largest absolute Gasteiger partial charge is 0.756 e. The van der Waals surface area contributed by atoms with Gasteiger partial charge in [0.2, 0.25) is 0 Å². The van der Waals surface area contributed by atoms with Crippen molar-refractivity contribution < 1.29 is 42.1 Å². The highest BCUT2D eigenvalue weighted by Crippen LogP contribution is 2.38. The van der Waals surface area contributed by atoms with Crippen LogP contribution in [0.25, 0.3) is 0 Å². The van der Waals surface area contributed by atoms with E-state index in [1.54, 1.807) is 0 Å². The Morgan fingerprint density at radius 3 is 1.28 bits per heavy atom. The molecule has 0 saturated heterocycles. The Bertz CT molecular complexity index is 1320. The van der Waals surface area contributed by atoms with Gasteiger partial charge in [-0.2, -0.15) is 0 Å². The molecule has 0 aromatic heterocycles. The Hall–Kier alpha value is -2.29. The topological polar surface area (TPSA) is 111 Å². The molecule has 2 unspecified atom stereocenters. The van der Waals surface area contributed by atoms with Crippen LogP contribution in [-0.2, 0) is 32.7 Å². The van der Waals surface area contributed by atoms with Crippen LogP contribution in [0.1, 0.15) is 239 Å². The molecule has 0 aliphatic carbocycles. The molecule has 0 spiro atoms. The predicted octanol–water partition coefficient (Wildman–Crippen LogP) is 16.1. The van der Waals surface area contributed by atoms with E-state index >= 15 is 0 Å². The van der Waals surface area contributed by atoms with E-state index in [-0.39, 0.29) is 26.1 Å². The van der Waals surface area contributed by atoms with Crippen LogP contribution in [-0.4, -0.2) is 70.0 Å². The van der Waals surface area contributed by atoms with Crippen molar-refractivity contribution in [2.75, 3.05) is 47.5 Å². The summed E-state index contributed by atoms with van der Waals surface area (Å²) < 4.78 is 34.0. The SMILES string of the molecule is CC/C=C\C/C=C\C/C=C\C/C=C\CCCCCCCCCCCCCCCCCCCCCCC(=O)OC(COC(=O)CCCCCCC/C=C\CCC)COP(=O)([O-])OCC[N+](C)(C)C. The molecule has 0 rings (SSSR count). The summed E-state index contributed by atoms with van der Waals surface area (Å²) in [6, 6.07) is 0. The lowest BCUT2D eigenvalue weighted by Crippen LogP contribution is -2.37. The number of esters is 2. The summed E-state index contributed by atoms with van der Waals surface area (Å²) >= 11 is 0. The van der Waals surface area contributed by atoms with Gasteiger partial charge in [-0.15, -0.1) is 0 Å². The standard InChI is InChI=1S/C57H104NO8P/c1-6-8-10-12-14-16-18-19-20-21-22-23-24-25-26-27-28-29-30-31-32-33-34-35-36-37-38-39-40-42-44-46-48-50-57(60)66-55(54-65-67(61,62)64-52-51-58(3,4)5)53-63-56(59)49-47-45-43-41-17-15-13-11-9-7-2/h8,10-11,13-14,16,19-20,22-23,55H,6-7,9,12,15,17-18,21,24-54H2,1-5H3/b10-8-,13-11-,16-14-,20-19-,23-22-. The van der Waals surface area contributed by atoms with Gasteiger partial charge < -0.3 is 27.9 Å². The van der Waals surface area contributed by atoms with Crippen molar-refractivity contribution in [3.63, 3.8) is 0 Å². The summed E-state index contributed by atoms with van der Waals surface area (Å²) in [7, 11) is 1.16. The number of carbonyl (C=O) groups is 2. The number of likely N-dealkylation sites (N-methyl/N-ethyl adjacent to an activating group) is 1. The zero-order chi connectivity index (χ0) is 49.2. The van der Waals surface area contributed by atoms with Gasteiger partial charge in [-0.1, -0.05) is 216 Å². The number of hydrogen-bond acceptors (Lipinski definition) is 8. The van der Waals surface area contributed by atoms with E-state index in [2.05, 4.69) is 74.6 Å². The molecule has 0 radical (unpaired) electrons. The molecule has 0 N–H and O–H groups in total. The number of carbonyl (C=O) groups excluding carboxylic acids is 2. The maximum Gasteiger partial charge on any atom is 0.306 e. The summed E-state index contributed by atoms with van der Waals surface area (Å²) in [6.07, 6.45) is 61.5. The molecule has 67 heavy (non-hydrogen) atoms. The average Bonchev–Trinajstić information content (AvgIpc) is 3.29. The normalized spacial score (nSPS) is 13.8. The highest BCUT2D eigenvalue weighted by Gasteiger charge is 2.21. The zero-order valence-corrected chi connectivity index (χ0v) is 45.0. The maximum atomic E-state index is 12.7. The number of unbranched alkanes of at least 4 members (excludes halogenated alkanes) is 26. The molecule has 0 aliphatic heterocycles. The second kappa shape index (κ2) is 48.7. The zero-order valence-electron chi connectivity index (χ0n) is 44.1. The minimum atomic E-state index is -4.63. The Labute approximate surface area is 413 Å². The van der Waals surface area contributed by atoms with Crippen LogP contribution in [0.15, 0.2) is 60.8 Å². The molecule has 390 valence electrons. The van der Waals surface area contributed by atoms with E-state index in [1.807, 2.05) is 21.1 Å². The van der Waals surface area contributed by atoms with Crippen molar-refractivity contribution in [3.05, 3.63) is 60.8 Å². The Morgan fingerprint density at radius 2 is 0.851 bits per heavy atom. The molecule has 0 bridgehead atoms. The van der Waals surface area contributed by atoms with Gasteiger partial charge in [0.15, 0.2) is 6.10 Å². The minimum Gasteiger partial charge on any atom is -0.756 e. The van der Waals surface area contributed by atoms with Gasteiger partial charge in [0.25, 0.3) is 7.82 Å². The molecular formula is C57H104NO8P. The Morgan fingerprint density at radius 1 is 0.478 bits per heavy atom. The number of phosphoric ester groups is 1. The first-order valence-electron chi connectivity index (χ1n) is 27.5. The molecule has 10 heteroatoms. The monoisotopic (exact) mass is 962 g/mol. The van der Waals surface area contributed by atoms with Gasteiger partial charge in [-0.25, -0.2) is 0 Å². The number of phosphoric acid groups is 1. The van der Waals surface area contributed by atoms with Crippen molar-refractivity contribution in [2.24, 2.45) is 0 Å². The van der Waals surface area contributed by atoms with Crippen molar-refractivity contribution >= 4 is 19.8 Å². The van der Waals surface area contributed by atoms with Crippen LogP contribution in [0.3, 0.4) is 0 Å². The lowest BCUT2D eigenvalue weighted by atomic mass is 10.0. The van der Waals surface area contributed by atoms with E-state index < -0.39 is 32.5 Å². The van der Waals surface area contributed by atoms with Crippen LogP contribution in [0.2, 0.25) is 0 Å². The second-order valence-electron chi connectivity index (χ2n) is 19.6. The summed E-state index contributed by atoms with van der Waals surface area (Å²) in [5.41, 5.74) is 0. The quantitative estimate of drug-likeness (QED) is 0.0195. The van der Waals surface area contributed by atoms with Crippen LogP contribution >= 0.6 is 7.82 Å². The van der Waals surface area contributed by atoms with E-state index in [4.69, 9.17) is 18.5 Å². The molecule has 9 nitrogen and oxygen atoms in total. The average molecular weight is 962 g/mol. The third-order valence-corrected chi connectivity index (χ3v) is 12.7. The molecule has 0 fully saturated rings. The number of rotatable bonds is 50. The maximum absolute atomic E-state index is 12.7. The third kappa shape index (κ3) is 52.9. The van der Waals surface area contributed by atoms with Crippen LogP contribution < -0.4 is 4.89 Å². The van der Waals surface area contributed by atoms with Crippen molar-refractivity contribution in [3.8, 4) is 0 Å². The van der Waals surface area contributed by atoms with Gasteiger partial charge in [0.1, 0.15) is 19.8 Å². The van der Waals surface area contributed by atoms with Crippen LogP contribution in [0.5, 0.6) is 0 Å². The lowest BCUT2D eigenvalue weighted by molar-refractivity contribution is -0.870. The first-order chi connectivity index (χ1) is 32.5. The molecule has 0 amide bonds. The fourth-order valence-electron chi connectivity index (χ4n) is 7.53. The molecule has 2 atom stereocenters. The van der Waals surface area contributed by atoms with Gasteiger partial charge in [-0.3, -0.25) is 14.2 Å². The predicted molar refractivity (Wildman–Crippen MR) is 282 cm³/mol. The Kier molecular flexibility index (Phi) is 47.1. The lowest BCUT2D eigenvalue weighted by Gasteiger charge is -2.28. The first-order valence-corrected chi connectivity index (χ1v) is 29.0.